The molecule has 1 aliphatic carbocycles. The van der Waals surface area contributed by atoms with E-state index in [1.807, 2.05) is 26.2 Å². The van der Waals surface area contributed by atoms with Crippen molar-refractivity contribution in [3.8, 4) is 0 Å². The van der Waals surface area contributed by atoms with Gasteiger partial charge in [0.1, 0.15) is 10.7 Å². The van der Waals surface area contributed by atoms with Crippen LogP contribution >= 0.6 is 0 Å². The summed E-state index contributed by atoms with van der Waals surface area (Å²) in [7, 11) is 0.180. The fraction of sp³-hybridized carbons (Fsp3) is 0.542. The van der Waals surface area contributed by atoms with Gasteiger partial charge in [-0.1, -0.05) is 6.08 Å². The Morgan fingerprint density at radius 3 is 2.66 bits per heavy atom. The van der Waals surface area contributed by atoms with Crippen LogP contribution in [0, 0.1) is 0 Å². The molecule has 186 valence electrons. The van der Waals surface area contributed by atoms with Gasteiger partial charge in [-0.3, -0.25) is 4.21 Å². The molecule has 2 aliphatic heterocycles. The van der Waals surface area contributed by atoms with E-state index in [2.05, 4.69) is 36.3 Å². The lowest BCUT2D eigenvalue weighted by atomic mass is 10.1. The molecule has 0 spiro atoms. The molecule has 35 heavy (non-hydrogen) atoms. The lowest BCUT2D eigenvalue weighted by Crippen LogP contribution is -2.44. The number of hydrogen-bond acceptors (Lipinski definition) is 9. The predicted molar refractivity (Wildman–Crippen MR) is 134 cm³/mol. The van der Waals surface area contributed by atoms with E-state index < -0.39 is 22.4 Å². The highest BCUT2D eigenvalue weighted by molar-refractivity contribution is 7.85. The first kappa shape index (κ1) is 23.7. The Morgan fingerprint density at radius 2 is 2.00 bits per heavy atom. The molecule has 0 unspecified atom stereocenters. The van der Waals surface area contributed by atoms with Crippen LogP contribution in [0.4, 0.5) is 16.6 Å². The molecule has 1 fully saturated rings. The maximum atomic E-state index is 12.7. The largest absolute Gasteiger partial charge is 0.453 e. The smallest absolute Gasteiger partial charge is 0.406 e. The summed E-state index contributed by atoms with van der Waals surface area (Å²) in [5.41, 5.74) is 2.65. The Hall–Kier alpha value is -3.08. The molecule has 3 aliphatic rings. The summed E-state index contributed by atoms with van der Waals surface area (Å²) in [4.78, 5) is 33.1. The Bertz CT molecular complexity index is 1180. The zero-order valence-electron chi connectivity index (χ0n) is 20.3. The first-order valence-electron chi connectivity index (χ1n) is 12.0. The number of carbonyl (C=O) groups excluding carboxylic acids is 1. The Morgan fingerprint density at radius 1 is 1.23 bits per heavy atom. The average Bonchev–Trinajstić information content (AvgIpc) is 3.65. The first-order chi connectivity index (χ1) is 16.8. The monoisotopic (exact) mass is 497 g/mol. The first-order valence-corrected chi connectivity index (χ1v) is 13.3. The van der Waals surface area contributed by atoms with Gasteiger partial charge >= 0.3 is 6.09 Å². The summed E-state index contributed by atoms with van der Waals surface area (Å²) < 4.78 is 17.4. The van der Waals surface area contributed by atoms with Gasteiger partial charge in [-0.05, 0) is 50.2 Å². The molecule has 0 bridgehead atoms. The minimum Gasteiger partial charge on any atom is -0.453 e. The molecule has 1 atom stereocenters. The normalized spacial score (nSPS) is 19.7. The number of rotatable bonds is 7. The summed E-state index contributed by atoms with van der Waals surface area (Å²) in [6, 6.07) is 0. The zero-order chi connectivity index (χ0) is 24.6. The van der Waals surface area contributed by atoms with E-state index in [0.717, 1.165) is 30.1 Å². The molecular weight excluding hydrogens is 466 g/mol. The van der Waals surface area contributed by atoms with Crippen molar-refractivity contribution in [3.63, 3.8) is 0 Å². The van der Waals surface area contributed by atoms with Crippen molar-refractivity contribution in [1.82, 2.24) is 25.3 Å². The summed E-state index contributed by atoms with van der Waals surface area (Å²) in [5, 5.41) is 6.10. The van der Waals surface area contributed by atoms with E-state index >= 15 is 0 Å². The number of fused-ring (bicyclic) bond motifs is 1. The molecule has 0 saturated heterocycles. The number of hydrogen-bond donors (Lipinski definition) is 2. The number of alkyl carbamates (subject to hydrolysis) is 1. The summed E-state index contributed by atoms with van der Waals surface area (Å²) in [5.74, 6) is 3.16. The topological polar surface area (TPSA) is 122 Å². The van der Waals surface area contributed by atoms with Gasteiger partial charge in [0.05, 0.1) is 29.1 Å². The van der Waals surface area contributed by atoms with Crippen LogP contribution in [0.2, 0.25) is 0 Å². The van der Waals surface area contributed by atoms with Crippen molar-refractivity contribution in [2.24, 2.45) is 0 Å². The Balaban J connectivity index is 1.34. The molecule has 2 N–H and O–H groups in total. The van der Waals surface area contributed by atoms with Gasteiger partial charge in [-0.15, -0.1) is 0 Å². The molecule has 5 rings (SSSR count). The number of aryl methyl sites for hydroxylation is 1. The van der Waals surface area contributed by atoms with Gasteiger partial charge in [0.2, 0.25) is 5.95 Å². The summed E-state index contributed by atoms with van der Waals surface area (Å²) >= 11 is 0. The average molecular weight is 498 g/mol. The van der Waals surface area contributed by atoms with Crippen molar-refractivity contribution >= 4 is 34.2 Å². The van der Waals surface area contributed by atoms with Crippen molar-refractivity contribution < 1.29 is 13.7 Å². The van der Waals surface area contributed by atoms with Gasteiger partial charge in [0, 0.05) is 44.2 Å². The standard InChI is InChI=1S/C24H31N7O3S/c1-24(2,14-27-23(32)34-3)30-21-19-18(8-11-35(19)33)28-22(29-21)31-9-6-16(7-10-31)20-25-12-17(13-26-20)15-4-5-15/h6,12-13,15H,4-5,7-11,14H2,1-3H3,(H,27,32)(H,28,29,30)/t35-/m0/s1. The molecule has 2 aromatic rings. The van der Waals surface area contributed by atoms with Gasteiger partial charge in [0.15, 0.2) is 5.82 Å². The number of nitrogens with zero attached hydrogens (tertiary/aromatic N) is 5. The molecule has 0 radical (unpaired) electrons. The Labute approximate surface area is 207 Å². The van der Waals surface area contributed by atoms with Gasteiger partial charge in [-0.25, -0.2) is 19.7 Å². The SMILES string of the molecule is COC(=O)NCC(C)(C)Nc1nc(N2CC=C(c3ncc(C4CC4)cn3)CC2)nc2c1[S@@](=O)CC2. The summed E-state index contributed by atoms with van der Waals surface area (Å²) in [6.07, 6.45) is 9.50. The second kappa shape index (κ2) is 9.52. The lowest BCUT2D eigenvalue weighted by molar-refractivity contribution is 0.169. The zero-order valence-corrected chi connectivity index (χ0v) is 21.2. The number of anilines is 2. The fourth-order valence-corrected chi connectivity index (χ4v) is 5.63. The molecule has 0 aromatic carbocycles. The van der Waals surface area contributed by atoms with E-state index in [0.29, 0.717) is 47.8 Å². The maximum absolute atomic E-state index is 12.7. The second-order valence-electron chi connectivity index (χ2n) is 9.84. The van der Waals surface area contributed by atoms with Crippen LogP contribution in [-0.2, 0) is 22.0 Å². The second-order valence-corrected chi connectivity index (χ2v) is 11.3. The van der Waals surface area contributed by atoms with Crippen LogP contribution in [0.1, 0.15) is 56.1 Å². The fourth-order valence-electron chi connectivity index (χ4n) is 4.33. The highest BCUT2D eigenvalue weighted by Gasteiger charge is 2.31. The highest BCUT2D eigenvalue weighted by Crippen LogP contribution is 2.39. The lowest BCUT2D eigenvalue weighted by Gasteiger charge is -2.30. The molecule has 4 heterocycles. The van der Waals surface area contributed by atoms with Gasteiger partial charge < -0.3 is 20.3 Å². The molecule has 1 amide bonds. The van der Waals surface area contributed by atoms with E-state index in [-0.39, 0.29) is 0 Å². The molecule has 1 saturated carbocycles. The van der Waals surface area contributed by atoms with Crippen LogP contribution in [0.15, 0.2) is 23.4 Å². The number of nitrogens with one attached hydrogen (secondary N) is 2. The van der Waals surface area contributed by atoms with Crippen molar-refractivity contribution in [1.29, 1.82) is 0 Å². The van der Waals surface area contributed by atoms with E-state index in [1.165, 1.54) is 25.5 Å². The van der Waals surface area contributed by atoms with Gasteiger partial charge in [0.25, 0.3) is 0 Å². The number of methoxy groups -OCH3 is 1. The van der Waals surface area contributed by atoms with Gasteiger partial charge in [-0.2, -0.15) is 4.98 Å². The number of aromatic nitrogens is 4. The van der Waals surface area contributed by atoms with Crippen LogP contribution in [0.25, 0.3) is 5.57 Å². The third kappa shape index (κ3) is 5.29. The summed E-state index contributed by atoms with van der Waals surface area (Å²) in [6.45, 7) is 5.60. The molecule has 2 aromatic heterocycles. The van der Waals surface area contributed by atoms with Crippen LogP contribution in [-0.4, -0.2) is 68.3 Å². The number of carbonyl (C=O) groups is 1. The van der Waals surface area contributed by atoms with E-state index in [4.69, 9.17) is 9.97 Å². The van der Waals surface area contributed by atoms with Crippen LogP contribution in [0.3, 0.4) is 0 Å². The molecule has 10 nitrogen and oxygen atoms in total. The van der Waals surface area contributed by atoms with Crippen LogP contribution in [0.5, 0.6) is 0 Å². The molecular formula is C24H31N7O3S. The number of ether oxygens (including phenoxy) is 1. The predicted octanol–water partition coefficient (Wildman–Crippen LogP) is 2.65. The number of amides is 1. The third-order valence-corrected chi connectivity index (χ3v) is 7.95. The van der Waals surface area contributed by atoms with Crippen molar-refractivity contribution in [2.45, 2.75) is 55.9 Å². The van der Waals surface area contributed by atoms with Crippen molar-refractivity contribution in [2.75, 3.05) is 42.7 Å². The maximum Gasteiger partial charge on any atom is 0.406 e. The minimum atomic E-state index is -1.15. The highest BCUT2D eigenvalue weighted by atomic mass is 32.2. The third-order valence-electron chi connectivity index (χ3n) is 6.49. The quantitative estimate of drug-likeness (QED) is 0.594. The Kier molecular flexibility index (Phi) is 6.43. The van der Waals surface area contributed by atoms with E-state index in [1.54, 1.807) is 0 Å². The molecule has 11 heteroatoms. The van der Waals surface area contributed by atoms with E-state index in [9.17, 15) is 9.00 Å². The van der Waals surface area contributed by atoms with Crippen LogP contribution < -0.4 is 15.5 Å². The van der Waals surface area contributed by atoms with Crippen molar-refractivity contribution in [3.05, 3.63) is 35.6 Å². The minimum absolute atomic E-state index is 0.315.